The van der Waals surface area contributed by atoms with Crippen LogP contribution in [0.5, 0.6) is 0 Å². The zero-order chi connectivity index (χ0) is 12.3. The van der Waals surface area contributed by atoms with E-state index in [1.54, 1.807) is 0 Å². The summed E-state index contributed by atoms with van der Waals surface area (Å²) in [7, 11) is 0. The number of ether oxygens (including phenoxy) is 1. The number of anilines is 1. The normalized spacial score (nSPS) is 10.9. The second kappa shape index (κ2) is 5.29. The Labute approximate surface area is 104 Å². The summed E-state index contributed by atoms with van der Waals surface area (Å²) >= 11 is 1.45. The number of nitrogen functional groups attached to an aromatic ring is 1. The van der Waals surface area contributed by atoms with Gasteiger partial charge in [-0.15, -0.1) is 11.3 Å². The lowest BCUT2D eigenvalue weighted by atomic mass is 10.3. The van der Waals surface area contributed by atoms with Crippen LogP contribution in [0.1, 0.15) is 24.7 Å². The second-order valence-corrected chi connectivity index (χ2v) is 4.81. The number of nitrogens with two attached hydrogens (primary N) is 1. The van der Waals surface area contributed by atoms with Crippen LogP contribution in [0, 0.1) is 6.92 Å². The fourth-order valence-corrected chi connectivity index (χ4v) is 2.29. The maximum absolute atomic E-state index is 5.73. The van der Waals surface area contributed by atoms with Crippen LogP contribution in [-0.4, -0.2) is 16.7 Å². The number of hydrogen-bond donors (Lipinski definition) is 1. The summed E-state index contributed by atoms with van der Waals surface area (Å²) < 4.78 is 10.5. The van der Waals surface area contributed by atoms with Gasteiger partial charge in [0.05, 0.1) is 9.88 Å². The van der Waals surface area contributed by atoms with Crippen molar-refractivity contribution in [2.75, 3.05) is 12.3 Å². The van der Waals surface area contributed by atoms with Crippen LogP contribution in [0.3, 0.4) is 0 Å². The molecular formula is C11H15N3O2S. The van der Waals surface area contributed by atoms with E-state index in [1.165, 1.54) is 11.3 Å². The summed E-state index contributed by atoms with van der Waals surface area (Å²) in [6.45, 7) is 5.12. The first-order valence-corrected chi connectivity index (χ1v) is 6.29. The average Bonchev–Trinajstić information content (AvgIpc) is 2.86. The highest BCUT2D eigenvalue weighted by Crippen LogP contribution is 2.32. The summed E-state index contributed by atoms with van der Waals surface area (Å²) in [5, 5.41) is 4.62. The summed E-state index contributed by atoms with van der Waals surface area (Å²) in [6.07, 6.45) is 0.977. The van der Waals surface area contributed by atoms with Gasteiger partial charge in [-0.3, -0.25) is 0 Å². The smallest absolute Gasteiger partial charge is 0.268 e. The molecule has 0 aliphatic carbocycles. The molecule has 0 aliphatic rings. The topological polar surface area (TPSA) is 74.2 Å². The third-order valence-electron chi connectivity index (χ3n) is 2.18. The summed E-state index contributed by atoms with van der Waals surface area (Å²) in [5.74, 6) is 1.08. The Bertz CT molecular complexity index is 493. The van der Waals surface area contributed by atoms with Crippen LogP contribution in [-0.2, 0) is 11.3 Å². The molecule has 17 heavy (non-hydrogen) atoms. The van der Waals surface area contributed by atoms with E-state index in [-0.39, 0.29) is 0 Å². The molecule has 2 rings (SSSR count). The van der Waals surface area contributed by atoms with Crippen LogP contribution in [0.15, 0.2) is 10.6 Å². The van der Waals surface area contributed by atoms with Crippen molar-refractivity contribution in [3.8, 4) is 10.8 Å². The molecule has 0 aromatic carbocycles. The highest BCUT2D eigenvalue weighted by molar-refractivity contribution is 7.19. The molecule has 6 heteroatoms. The van der Waals surface area contributed by atoms with Gasteiger partial charge in [0.2, 0.25) is 0 Å². The SMILES string of the molecule is CCCOCc1noc(-c2sc(N)cc2C)n1. The fraction of sp³-hybridized carbons (Fsp3) is 0.455. The minimum atomic E-state index is 0.386. The van der Waals surface area contributed by atoms with Gasteiger partial charge < -0.3 is 15.0 Å². The van der Waals surface area contributed by atoms with E-state index in [0.29, 0.717) is 24.9 Å². The van der Waals surface area contributed by atoms with Gasteiger partial charge >= 0.3 is 0 Å². The van der Waals surface area contributed by atoms with Gasteiger partial charge in [0.1, 0.15) is 6.61 Å². The second-order valence-electron chi connectivity index (χ2n) is 3.73. The van der Waals surface area contributed by atoms with Gasteiger partial charge in [0.25, 0.3) is 5.89 Å². The molecule has 0 saturated carbocycles. The zero-order valence-corrected chi connectivity index (χ0v) is 10.7. The first-order chi connectivity index (χ1) is 8.20. The molecule has 0 atom stereocenters. The van der Waals surface area contributed by atoms with Crippen LogP contribution in [0.4, 0.5) is 5.00 Å². The Morgan fingerprint density at radius 2 is 2.35 bits per heavy atom. The van der Waals surface area contributed by atoms with Crippen molar-refractivity contribution in [1.82, 2.24) is 10.1 Å². The van der Waals surface area contributed by atoms with Crippen molar-refractivity contribution in [2.45, 2.75) is 26.9 Å². The molecule has 2 aromatic heterocycles. The van der Waals surface area contributed by atoms with E-state index in [1.807, 2.05) is 13.0 Å². The van der Waals surface area contributed by atoms with Crippen molar-refractivity contribution >= 4 is 16.3 Å². The molecule has 0 bridgehead atoms. The van der Waals surface area contributed by atoms with Gasteiger partial charge in [-0.1, -0.05) is 12.1 Å². The van der Waals surface area contributed by atoms with E-state index >= 15 is 0 Å². The van der Waals surface area contributed by atoms with Crippen molar-refractivity contribution in [1.29, 1.82) is 0 Å². The predicted octanol–water partition coefficient (Wildman–Crippen LogP) is 2.62. The van der Waals surface area contributed by atoms with Crippen LogP contribution in [0.25, 0.3) is 10.8 Å². The molecule has 0 spiro atoms. The lowest BCUT2D eigenvalue weighted by Crippen LogP contribution is -1.95. The number of rotatable bonds is 5. The monoisotopic (exact) mass is 253 g/mol. The molecule has 0 unspecified atom stereocenters. The van der Waals surface area contributed by atoms with Crippen molar-refractivity contribution in [3.05, 3.63) is 17.5 Å². The summed E-state index contributed by atoms with van der Waals surface area (Å²) in [5.41, 5.74) is 6.78. The largest absolute Gasteiger partial charge is 0.391 e. The Hall–Kier alpha value is -1.40. The van der Waals surface area contributed by atoms with E-state index in [9.17, 15) is 0 Å². The van der Waals surface area contributed by atoms with Crippen molar-refractivity contribution < 1.29 is 9.26 Å². The average molecular weight is 253 g/mol. The van der Waals surface area contributed by atoms with Crippen LogP contribution >= 0.6 is 11.3 Å². The van der Waals surface area contributed by atoms with Crippen LogP contribution < -0.4 is 5.73 Å². The predicted molar refractivity (Wildman–Crippen MR) is 66.7 cm³/mol. The highest BCUT2D eigenvalue weighted by Gasteiger charge is 2.14. The van der Waals surface area contributed by atoms with Gasteiger partial charge in [-0.2, -0.15) is 4.98 Å². The standard InChI is InChI=1S/C11H15N3O2S/c1-3-4-15-6-9-13-11(16-14-9)10-7(2)5-8(12)17-10/h5H,3-4,6,12H2,1-2H3. The molecule has 2 N–H and O–H groups in total. The Kier molecular flexibility index (Phi) is 3.75. The molecule has 0 aliphatic heterocycles. The molecule has 0 saturated heterocycles. The molecule has 5 nitrogen and oxygen atoms in total. The third kappa shape index (κ3) is 2.83. The Morgan fingerprint density at radius 3 is 3.00 bits per heavy atom. The molecule has 2 heterocycles. The maximum atomic E-state index is 5.73. The lowest BCUT2D eigenvalue weighted by molar-refractivity contribution is 0.114. The van der Waals surface area contributed by atoms with E-state index in [4.69, 9.17) is 15.0 Å². The summed E-state index contributed by atoms with van der Waals surface area (Å²) in [4.78, 5) is 5.21. The van der Waals surface area contributed by atoms with Crippen molar-refractivity contribution in [3.63, 3.8) is 0 Å². The van der Waals surface area contributed by atoms with E-state index < -0.39 is 0 Å². The number of thiophene rings is 1. The van der Waals surface area contributed by atoms with Gasteiger partial charge in [-0.05, 0) is 25.0 Å². The van der Waals surface area contributed by atoms with Crippen LogP contribution in [0.2, 0.25) is 0 Å². The van der Waals surface area contributed by atoms with Gasteiger partial charge in [0, 0.05) is 6.61 Å². The molecule has 92 valence electrons. The molecule has 0 fully saturated rings. The fourth-order valence-electron chi connectivity index (χ4n) is 1.43. The molecule has 0 amide bonds. The maximum Gasteiger partial charge on any atom is 0.268 e. The molecule has 0 radical (unpaired) electrons. The lowest BCUT2D eigenvalue weighted by Gasteiger charge is -1.95. The minimum Gasteiger partial charge on any atom is -0.391 e. The third-order valence-corrected chi connectivity index (χ3v) is 3.23. The Morgan fingerprint density at radius 1 is 1.53 bits per heavy atom. The quantitative estimate of drug-likeness (QED) is 0.829. The molecular weight excluding hydrogens is 238 g/mol. The van der Waals surface area contributed by atoms with Gasteiger partial charge in [-0.25, -0.2) is 0 Å². The minimum absolute atomic E-state index is 0.386. The molecule has 2 aromatic rings. The summed E-state index contributed by atoms with van der Waals surface area (Å²) in [6, 6.07) is 1.90. The zero-order valence-electron chi connectivity index (χ0n) is 9.90. The first kappa shape index (κ1) is 12.1. The highest BCUT2D eigenvalue weighted by atomic mass is 32.1. The van der Waals surface area contributed by atoms with E-state index in [0.717, 1.165) is 21.9 Å². The van der Waals surface area contributed by atoms with Gasteiger partial charge in [0.15, 0.2) is 5.82 Å². The Balaban J connectivity index is 2.10. The first-order valence-electron chi connectivity index (χ1n) is 5.47. The number of aryl methyl sites for hydroxylation is 1. The van der Waals surface area contributed by atoms with E-state index in [2.05, 4.69) is 17.1 Å². The number of aromatic nitrogens is 2. The number of hydrogen-bond acceptors (Lipinski definition) is 6. The van der Waals surface area contributed by atoms with Crippen molar-refractivity contribution in [2.24, 2.45) is 0 Å². The number of nitrogens with zero attached hydrogens (tertiary/aromatic N) is 2.